The Bertz CT molecular complexity index is 351. The van der Waals surface area contributed by atoms with E-state index in [2.05, 4.69) is 23.8 Å². The fourth-order valence-electron chi connectivity index (χ4n) is 1.18. The molecule has 0 unspecified atom stereocenters. The number of aliphatic hydroxyl groups excluding tert-OH is 1. The van der Waals surface area contributed by atoms with Crippen molar-refractivity contribution in [2.45, 2.75) is 31.8 Å². The summed E-state index contributed by atoms with van der Waals surface area (Å²) in [6.07, 6.45) is 1.48. The van der Waals surface area contributed by atoms with Crippen LogP contribution in [0.3, 0.4) is 0 Å². The molecule has 0 aliphatic rings. The Morgan fingerprint density at radius 2 is 1.82 bits per heavy atom. The monoisotopic (exact) mass is 294 g/mol. The first kappa shape index (κ1) is 15.0. The number of thioether (sulfide) groups is 1. The summed E-state index contributed by atoms with van der Waals surface area (Å²) in [7, 11) is 0. The maximum atomic E-state index is 8.86. The molecule has 17 heavy (non-hydrogen) atoms. The average Bonchev–Trinajstić information content (AvgIpc) is 2.23. The summed E-state index contributed by atoms with van der Waals surface area (Å²) < 4.78 is 0. The molecule has 0 bridgehead atoms. The van der Waals surface area contributed by atoms with Crippen molar-refractivity contribution in [3.8, 4) is 0 Å². The fraction of sp³-hybridized carbons (Fsp3) is 0.636. The Balaban J connectivity index is 2.69. The third kappa shape index (κ3) is 5.00. The van der Waals surface area contributed by atoms with Crippen LogP contribution in [0.25, 0.3) is 0 Å². The van der Waals surface area contributed by atoms with Crippen molar-refractivity contribution in [2.75, 3.05) is 12.4 Å². The standard InChI is InChI=1S/C11H16Cl2N2OS/c1-7(2)4-6-17-11-14-9(12)8(3-5-16)10(13)15-11/h7,16H,3-6H2,1-2H3. The van der Waals surface area contributed by atoms with Crippen LogP contribution in [0, 0.1) is 5.92 Å². The Morgan fingerprint density at radius 1 is 1.24 bits per heavy atom. The van der Waals surface area contributed by atoms with E-state index < -0.39 is 0 Å². The summed E-state index contributed by atoms with van der Waals surface area (Å²) in [6.45, 7) is 4.33. The minimum absolute atomic E-state index is 0.0113. The van der Waals surface area contributed by atoms with Gasteiger partial charge in [-0.3, -0.25) is 0 Å². The number of aliphatic hydroxyl groups is 1. The van der Waals surface area contributed by atoms with Crippen molar-refractivity contribution in [3.63, 3.8) is 0 Å². The van der Waals surface area contributed by atoms with E-state index in [4.69, 9.17) is 28.3 Å². The van der Waals surface area contributed by atoms with Crippen molar-refractivity contribution >= 4 is 35.0 Å². The van der Waals surface area contributed by atoms with Crippen LogP contribution in [-0.4, -0.2) is 27.4 Å². The van der Waals surface area contributed by atoms with E-state index in [1.165, 1.54) is 0 Å². The normalized spacial score (nSPS) is 11.2. The predicted octanol–water partition coefficient (Wildman–Crippen LogP) is 3.46. The summed E-state index contributed by atoms with van der Waals surface area (Å²) in [5.74, 6) is 1.60. The number of nitrogens with zero attached hydrogens (tertiary/aromatic N) is 2. The maximum absolute atomic E-state index is 8.86. The lowest BCUT2D eigenvalue weighted by atomic mass is 10.2. The second kappa shape index (κ2) is 7.41. The lowest BCUT2D eigenvalue weighted by Gasteiger charge is -2.07. The Morgan fingerprint density at radius 3 is 2.29 bits per heavy atom. The number of halogens is 2. The topological polar surface area (TPSA) is 46.0 Å². The number of hydrogen-bond acceptors (Lipinski definition) is 4. The molecular formula is C11H16Cl2N2OS. The van der Waals surface area contributed by atoms with Gasteiger partial charge in [0.25, 0.3) is 0 Å². The first-order valence-corrected chi connectivity index (χ1v) is 7.24. The van der Waals surface area contributed by atoms with Crippen molar-refractivity contribution in [2.24, 2.45) is 5.92 Å². The molecule has 6 heteroatoms. The molecule has 1 rings (SSSR count). The second-order valence-corrected chi connectivity index (χ2v) is 5.85. The quantitative estimate of drug-likeness (QED) is 0.496. The molecule has 0 aromatic carbocycles. The SMILES string of the molecule is CC(C)CCSc1nc(Cl)c(CCO)c(Cl)n1. The van der Waals surface area contributed by atoms with Crippen LogP contribution >= 0.6 is 35.0 Å². The van der Waals surface area contributed by atoms with Gasteiger partial charge >= 0.3 is 0 Å². The van der Waals surface area contributed by atoms with Crippen LogP contribution in [0.5, 0.6) is 0 Å². The molecule has 0 aliphatic heterocycles. The molecule has 0 aliphatic carbocycles. The zero-order valence-corrected chi connectivity index (χ0v) is 12.2. The second-order valence-electron chi connectivity index (χ2n) is 4.07. The van der Waals surface area contributed by atoms with Crippen molar-refractivity contribution in [1.82, 2.24) is 9.97 Å². The predicted molar refractivity (Wildman–Crippen MR) is 73.0 cm³/mol. The van der Waals surface area contributed by atoms with Gasteiger partial charge in [0.05, 0.1) is 0 Å². The zero-order chi connectivity index (χ0) is 12.8. The number of aromatic nitrogens is 2. The highest BCUT2D eigenvalue weighted by molar-refractivity contribution is 7.99. The van der Waals surface area contributed by atoms with Crippen LogP contribution in [0.15, 0.2) is 5.16 Å². The highest BCUT2D eigenvalue weighted by Gasteiger charge is 2.11. The molecule has 0 spiro atoms. The average molecular weight is 295 g/mol. The zero-order valence-electron chi connectivity index (χ0n) is 9.91. The van der Waals surface area contributed by atoms with Gasteiger partial charge in [0, 0.05) is 24.3 Å². The van der Waals surface area contributed by atoms with E-state index in [9.17, 15) is 0 Å². The van der Waals surface area contributed by atoms with E-state index in [0.717, 1.165) is 12.2 Å². The van der Waals surface area contributed by atoms with Crippen molar-refractivity contribution in [1.29, 1.82) is 0 Å². The highest BCUT2D eigenvalue weighted by Crippen LogP contribution is 2.26. The van der Waals surface area contributed by atoms with Crippen molar-refractivity contribution in [3.05, 3.63) is 15.9 Å². The highest BCUT2D eigenvalue weighted by atomic mass is 35.5. The molecule has 0 fully saturated rings. The maximum Gasteiger partial charge on any atom is 0.190 e. The van der Waals surface area contributed by atoms with Gasteiger partial charge in [-0.05, 0) is 12.3 Å². The summed E-state index contributed by atoms with van der Waals surface area (Å²) in [5, 5.41) is 10.1. The minimum atomic E-state index is -0.0113. The van der Waals surface area contributed by atoms with Crippen LogP contribution in [-0.2, 0) is 6.42 Å². The molecular weight excluding hydrogens is 279 g/mol. The van der Waals surface area contributed by atoms with E-state index in [1.54, 1.807) is 11.8 Å². The van der Waals surface area contributed by atoms with Gasteiger partial charge in [-0.25, -0.2) is 9.97 Å². The number of hydrogen-bond donors (Lipinski definition) is 1. The Kier molecular flexibility index (Phi) is 6.55. The van der Waals surface area contributed by atoms with Crippen LogP contribution in [0.1, 0.15) is 25.8 Å². The molecule has 1 N–H and O–H groups in total. The van der Waals surface area contributed by atoms with Gasteiger partial charge < -0.3 is 5.11 Å². The van der Waals surface area contributed by atoms with Gasteiger partial charge in [-0.2, -0.15) is 0 Å². The summed E-state index contributed by atoms with van der Waals surface area (Å²) in [6, 6.07) is 0. The van der Waals surface area contributed by atoms with E-state index in [-0.39, 0.29) is 6.61 Å². The molecule has 1 heterocycles. The van der Waals surface area contributed by atoms with Gasteiger partial charge in [0.2, 0.25) is 0 Å². The molecule has 3 nitrogen and oxygen atoms in total. The summed E-state index contributed by atoms with van der Waals surface area (Å²) in [5.41, 5.74) is 0.615. The first-order valence-electron chi connectivity index (χ1n) is 5.50. The molecule has 1 aromatic rings. The Hall–Kier alpha value is -0.0300. The first-order chi connectivity index (χ1) is 8.04. The summed E-state index contributed by atoms with van der Waals surface area (Å²) >= 11 is 13.5. The third-order valence-corrected chi connectivity index (χ3v) is 3.68. The molecule has 96 valence electrons. The summed E-state index contributed by atoms with van der Waals surface area (Å²) in [4.78, 5) is 8.34. The minimum Gasteiger partial charge on any atom is -0.396 e. The third-order valence-electron chi connectivity index (χ3n) is 2.17. The smallest absolute Gasteiger partial charge is 0.190 e. The molecule has 0 saturated carbocycles. The van der Waals surface area contributed by atoms with Crippen LogP contribution in [0.4, 0.5) is 0 Å². The lowest BCUT2D eigenvalue weighted by Crippen LogP contribution is -2.00. The fourth-order valence-corrected chi connectivity index (χ4v) is 2.94. The molecule has 0 amide bonds. The van der Waals surface area contributed by atoms with Crippen molar-refractivity contribution < 1.29 is 5.11 Å². The molecule has 0 atom stereocenters. The lowest BCUT2D eigenvalue weighted by molar-refractivity contribution is 0.299. The van der Waals surface area contributed by atoms with E-state index in [1.807, 2.05) is 0 Å². The number of rotatable bonds is 6. The van der Waals surface area contributed by atoms with Crippen LogP contribution in [0.2, 0.25) is 10.3 Å². The molecule has 0 saturated heterocycles. The van der Waals surface area contributed by atoms with Gasteiger partial charge in [0.1, 0.15) is 10.3 Å². The van der Waals surface area contributed by atoms with E-state index >= 15 is 0 Å². The van der Waals surface area contributed by atoms with E-state index in [0.29, 0.717) is 33.4 Å². The van der Waals surface area contributed by atoms with Crippen LogP contribution < -0.4 is 0 Å². The van der Waals surface area contributed by atoms with Gasteiger partial charge in [0.15, 0.2) is 5.16 Å². The Labute approximate surface area is 116 Å². The van der Waals surface area contributed by atoms with Gasteiger partial charge in [-0.1, -0.05) is 48.8 Å². The molecule has 1 aromatic heterocycles. The molecule has 0 radical (unpaired) electrons. The van der Waals surface area contributed by atoms with Gasteiger partial charge in [-0.15, -0.1) is 0 Å². The largest absolute Gasteiger partial charge is 0.396 e.